The first-order valence-electron chi connectivity index (χ1n) is 10.2. The summed E-state index contributed by atoms with van der Waals surface area (Å²) in [6.45, 7) is 2.86. The molecular formula is C24H25N3O3. The molecule has 0 unspecified atom stereocenters. The lowest BCUT2D eigenvalue weighted by molar-refractivity contribution is -0.133. The number of oxazole rings is 1. The van der Waals surface area contributed by atoms with Gasteiger partial charge in [0.2, 0.25) is 11.8 Å². The van der Waals surface area contributed by atoms with Crippen molar-refractivity contribution in [2.45, 2.75) is 32.2 Å². The summed E-state index contributed by atoms with van der Waals surface area (Å²) in [5, 5.41) is 2.87. The lowest BCUT2D eigenvalue weighted by Gasteiger charge is -2.29. The van der Waals surface area contributed by atoms with Crippen molar-refractivity contribution in [1.82, 2.24) is 15.2 Å². The Hall–Kier alpha value is -3.41. The molecule has 0 aliphatic carbocycles. The van der Waals surface area contributed by atoms with Gasteiger partial charge in [0, 0.05) is 31.5 Å². The number of benzene rings is 2. The Morgan fingerprint density at radius 2 is 1.83 bits per heavy atom. The highest BCUT2D eigenvalue weighted by atomic mass is 16.4. The molecule has 1 fully saturated rings. The molecule has 1 atom stereocenters. The Bertz CT molecular complexity index is 1010. The second-order valence-electron chi connectivity index (χ2n) is 7.46. The van der Waals surface area contributed by atoms with Gasteiger partial charge in [0.25, 0.3) is 0 Å². The fourth-order valence-corrected chi connectivity index (χ4v) is 3.88. The molecule has 0 saturated carbocycles. The van der Waals surface area contributed by atoms with Crippen molar-refractivity contribution in [3.8, 4) is 11.3 Å². The number of rotatable bonds is 5. The molecule has 3 aromatic rings. The molecule has 1 aliphatic heterocycles. The minimum Gasteiger partial charge on any atom is -0.440 e. The number of nitrogens with zero attached hydrogens (tertiary/aromatic N) is 2. The third kappa shape index (κ3) is 4.43. The summed E-state index contributed by atoms with van der Waals surface area (Å²) in [6, 6.07) is 19.3. The van der Waals surface area contributed by atoms with Crippen LogP contribution in [0.4, 0.5) is 0 Å². The van der Waals surface area contributed by atoms with Gasteiger partial charge in [-0.05, 0) is 12.5 Å². The first kappa shape index (κ1) is 19.9. The van der Waals surface area contributed by atoms with Crippen LogP contribution in [-0.2, 0) is 16.0 Å². The molecule has 0 spiro atoms. The van der Waals surface area contributed by atoms with Gasteiger partial charge in [0.15, 0.2) is 11.7 Å². The van der Waals surface area contributed by atoms with Crippen LogP contribution in [0.15, 0.2) is 65.1 Å². The van der Waals surface area contributed by atoms with E-state index in [0.717, 1.165) is 22.6 Å². The first-order valence-corrected chi connectivity index (χ1v) is 10.2. The monoisotopic (exact) mass is 403 g/mol. The van der Waals surface area contributed by atoms with E-state index in [1.165, 1.54) is 0 Å². The van der Waals surface area contributed by atoms with Crippen molar-refractivity contribution in [3.63, 3.8) is 0 Å². The molecule has 2 aromatic carbocycles. The molecule has 30 heavy (non-hydrogen) atoms. The van der Waals surface area contributed by atoms with E-state index in [-0.39, 0.29) is 30.7 Å². The molecule has 4 rings (SSSR count). The molecule has 1 saturated heterocycles. The smallest absolute Gasteiger partial charge is 0.223 e. The van der Waals surface area contributed by atoms with Gasteiger partial charge in [-0.15, -0.1) is 0 Å². The molecule has 0 radical (unpaired) electrons. The molecule has 2 heterocycles. The van der Waals surface area contributed by atoms with Gasteiger partial charge in [-0.2, -0.15) is 0 Å². The van der Waals surface area contributed by atoms with Crippen LogP contribution in [0.25, 0.3) is 11.3 Å². The quantitative estimate of drug-likeness (QED) is 0.705. The highest BCUT2D eigenvalue weighted by molar-refractivity contribution is 5.81. The normalized spacial score (nSPS) is 16.8. The lowest BCUT2D eigenvalue weighted by atomic mass is 10.0. The molecule has 1 aliphatic rings. The van der Waals surface area contributed by atoms with Crippen LogP contribution in [0.3, 0.4) is 0 Å². The van der Waals surface area contributed by atoms with E-state index >= 15 is 0 Å². The third-order valence-corrected chi connectivity index (χ3v) is 5.36. The second kappa shape index (κ2) is 8.95. The maximum atomic E-state index is 13.1. The largest absolute Gasteiger partial charge is 0.440 e. The van der Waals surface area contributed by atoms with Crippen LogP contribution in [0.1, 0.15) is 36.0 Å². The number of carbonyl (C=O) groups excluding carboxylic acids is 2. The first-order chi connectivity index (χ1) is 14.6. The fraction of sp³-hybridized carbons (Fsp3) is 0.292. The zero-order valence-electron chi connectivity index (χ0n) is 17.0. The van der Waals surface area contributed by atoms with Gasteiger partial charge in [-0.25, -0.2) is 4.98 Å². The Kier molecular flexibility index (Phi) is 5.93. The number of hydrogen-bond donors (Lipinski definition) is 1. The van der Waals surface area contributed by atoms with Gasteiger partial charge >= 0.3 is 0 Å². The predicted molar refractivity (Wildman–Crippen MR) is 114 cm³/mol. The number of amides is 2. The van der Waals surface area contributed by atoms with Crippen LogP contribution < -0.4 is 5.32 Å². The van der Waals surface area contributed by atoms with E-state index in [9.17, 15) is 9.59 Å². The summed E-state index contributed by atoms with van der Waals surface area (Å²) in [5.41, 5.74) is 2.76. The number of aryl methyl sites for hydroxylation is 2. The van der Waals surface area contributed by atoms with E-state index in [1.807, 2.05) is 67.6 Å². The zero-order chi connectivity index (χ0) is 20.9. The average Bonchev–Trinajstić information content (AvgIpc) is 3.03. The Morgan fingerprint density at radius 3 is 2.57 bits per heavy atom. The summed E-state index contributed by atoms with van der Waals surface area (Å²) in [4.78, 5) is 31.5. The van der Waals surface area contributed by atoms with Crippen molar-refractivity contribution in [2.75, 3.05) is 13.1 Å². The number of carbonyl (C=O) groups is 2. The van der Waals surface area contributed by atoms with Crippen LogP contribution in [0.2, 0.25) is 0 Å². The topological polar surface area (TPSA) is 75.4 Å². The molecule has 1 aromatic heterocycles. The highest BCUT2D eigenvalue weighted by Gasteiger charge is 2.29. The summed E-state index contributed by atoms with van der Waals surface area (Å²) < 4.78 is 5.94. The average molecular weight is 403 g/mol. The van der Waals surface area contributed by atoms with E-state index in [0.29, 0.717) is 25.4 Å². The Balaban J connectivity index is 1.48. The van der Waals surface area contributed by atoms with Gasteiger partial charge in [0.1, 0.15) is 0 Å². The zero-order valence-corrected chi connectivity index (χ0v) is 17.0. The van der Waals surface area contributed by atoms with Gasteiger partial charge in [-0.3, -0.25) is 9.59 Å². The van der Waals surface area contributed by atoms with Crippen molar-refractivity contribution in [1.29, 1.82) is 0 Å². The fourth-order valence-electron chi connectivity index (χ4n) is 3.88. The van der Waals surface area contributed by atoms with Crippen molar-refractivity contribution >= 4 is 11.8 Å². The van der Waals surface area contributed by atoms with E-state index < -0.39 is 0 Å². The highest BCUT2D eigenvalue weighted by Crippen LogP contribution is 2.28. The minimum absolute atomic E-state index is 0.00235. The lowest BCUT2D eigenvalue weighted by Crippen LogP contribution is -2.36. The maximum Gasteiger partial charge on any atom is 0.223 e. The van der Waals surface area contributed by atoms with Gasteiger partial charge in [-0.1, -0.05) is 60.7 Å². The van der Waals surface area contributed by atoms with Crippen molar-refractivity contribution in [3.05, 3.63) is 77.8 Å². The molecule has 1 N–H and O–H groups in total. The van der Waals surface area contributed by atoms with Crippen LogP contribution >= 0.6 is 0 Å². The number of hydrogen-bond acceptors (Lipinski definition) is 4. The molecule has 6 heteroatoms. The van der Waals surface area contributed by atoms with Gasteiger partial charge < -0.3 is 14.6 Å². The van der Waals surface area contributed by atoms with Crippen molar-refractivity contribution < 1.29 is 14.0 Å². The SMILES string of the molecule is Cc1nc(CCC(=O)N2CCNC(=O)C[C@H]2c2ccccc2)oc1-c1ccccc1. The summed E-state index contributed by atoms with van der Waals surface area (Å²) >= 11 is 0. The molecule has 154 valence electrons. The van der Waals surface area contributed by atoms with Gasteiger partial charge in [0.05, 0.1) is 18.2 Å². The van der Waals surface area contributed by atoms with Crippen LogP contribution in [0, 0.1) is 6.92 Å². The summed E-state index contributed by atoms with van der Waals surface area (Å²) in [5.74, 6) is 1.26. The number of aromatic nitrogens is 1. The van der Waals surface area contributed by atoms with Crippen LogP contribution in [-0.4, -0.2) is 34.8 Å². The van der Waals surface area contributed by atoms with Crippen LogP contribution in [0.5, 0.6) is 0 Å². The Morgan fingerprint density at radius 1 is 1.13 bits per heavy atom. The van der Waals surface area contributed by atoms with E-state index in [2.05, 4.69) is 10.3 Å². The molecule has 0 bridgehead atoms. The van der Waals surface area contributed by atoms with Crippen molar-refractivity contribution in [2.24, 2.45) is 0 Å². The standard InChI is InChI=1S/C24H25N3O3/c1-17-24(19-10-6-3-7-11-19)30-22(26-17)12-13-23(29)27-15-14-25-21(28)16-20(27)18-8-4-2-5-9-18/h2-11,20H,12-16H2,1H3,(H,25,28)/t20-/m0/s1. The molecule has 2 amide bonds. The summed E-state index contributed by atoms with van der Waals surface area (Å²) in [6.07, 6.45) is 0.976. The molecule has 6 nitrogen and oxygen atoms in total. The second-order valence-corrected chi connectivity index (χ2v) is 7.46. The Labute approximate surface area is 175 Å². The molecular weight excluding hydrogens is 378 g/mol. The third-order valence-electron chi connectivity index (χ3n) is 5.36. The number of nitrogens with one attached hydrogen (secondary N) is 1. The maximum absolute atomic E-state index is 13.1. The minimum atomic E-state index is -0.257. The van der Waals surface area contributed by atoms with E-state index in [4.69, 9.17) is 4.42 Å². The van der Waals surface area contributed by atoms with E-state index in [1.54, 1.807) is 4.90 Å². The predicted octanol–water partition coefficient (Wildman–Crippen LogP) is 3.67. The summed E-state index contributed by atoms with van der Waals surface area (Å²) in [7, 11) is 0.